The van der Waals surface area contributed by atoms with Crippen LogP contribution in [0.25, 0.3) is 0 Å². The molecule has 150 valence electrons. The lowest BCUT2D eigenvalue weighted by Crippen LogP contribution is -2.34. The number of carboxylic acids is 1. The van der Waals surface area contributed by atoms with E-state index in [4.69, 9.17) is 5.11 Å². The molecule has 0 rings (SSSR count). The van der Waals surface area contributed by atoms with Gasteiger partial charge < -0.3 is 15.3 Å². The van der Waals surface area contributed by atoms with Gasteiger partial charge in [0.1, 0.15) is 0 Å². The number of hydrogen-bond acceptors (Lipinski definition) is 3. The van der Waals surface area contributed by atoms with Gasteiger partial charge in [-0.15, -0.1) is 0 Å². The minimum Gasteiger partial charge on any atom is -0.479 e. The van der Waals surface area contributed by atoms with Crippen LogP contribution in [-0.4, -0.2) is 33.0 Å². The largest absolute Gasteiger partial charge is 0.479 e. The van der Waals surface area contributed by atoms with Crippen LogP contribution in [0, 0.1) is 0 Å². The molecule has 0 aromatic heterocycles. The second-order valence-corrected chi connectivity index (χ2v) is 7.80. The number of aliphatic hydroxyl groups is 2. The highest BCUT2D eigenvalue weighted by Crippen LogP contribution is 2.17. The van der Waals surface area contributed by atoms with E-state index in [9.17, 15) is 15.0 Å². The van der Waals surface area contributed by atoms with E-state index in [-0.39, 0.29) is 6.10 Å². The molecule has 4 nitrogen and oxygen atoms in total. The smallest absolute Gasteiger partial charge is 0.335 e. The fourth-order valence-corrected chi connectivity index (χ4v) is 3.14. The lowest BCUT2D eigenvalue weighted by Gasteiger charge is -2.17. The molecular formula is C21H42O4. The Hall–Kier alpha value is -0.610. The highest BCUT2D eigenvalue weighted by atomic mass is 16.4. The van der Waals surface area contributed by atoms with Crippen molar-refractivity contribution in [3.8, 4) is 0 Å². The van der Waals surface area contributed by atoms with Crippen molar-refractivity contribution in [3.05, 3.63) is 0 Å². The summed E-state index contributed by atoms with van der Waals surface area (Å²) in [6, 6.07) is 0. The second-order valence-electron chi connectivity index (χ2n) is 7.80. The minimum absolute atomic E-state index is 0.0973. The topological polar surface area (TPSA) is 77.8 Å². The highest BCUT2D eigenvalue weighted by molar-refractivity contribution is 5.76. The Morgan fingerprint density at radius 3 is 1.64 bits per heavy atom. The fraction of sp³-hybridized carbons (Fsp3) is 0.952. The summed E-state index contributed by atoms with van der Waals surface area (Å²) in [4.78, 5) is 10.8. The van der Waals surface area contributed by atoms with E-state index in [0.717, 1.165) is 44.9 Å². The van der Waals surface area contributed by atoms with Gasteiger partial charge in [0.2, 0.25) is 0 Å². The highest BCUT2D eigenvalue weighted by Gasteiger charge is 2.28. The summed E-state index contributed by atoms with van der Waals surface area (Å²) in [7, 11) is 0. The van der Waals surface area contributed by atoms with Crippen LogP contribution in [0.15, 0.2) is 0 Å². The molecular weight excluding hydrogens is 316 g/mol. The van der Waals surface area contributed by atoms with Gasteiger partial charge in [-0.25, -0.2) is 4.79 Å². The van der Waals surface area contributed by atoms with E-state index >= 15 is 0 Å². The van der Waals surface area contributed by atoms with Crippen LogP contribution in [-0.2, 0) is 4.79 Å². The first-order valence-corrected chi connectivity index (χ1v) is 10.5. The first kappa shape index (κ1) is 24.4. The van der Waals surface area contributed by atoms with E-state index in [2.05, 4.69) is 6.92 Å². The van der Waals surface area contributed by atoms with Crippen molar-refractivity contribution in [3.63, 3.8) is 0 Å². The zero-order valence-electron chi connectivity index (χ0n) is 16.6. The Morgan fingerprint density at radius 2 is 1.20 bits per heavy atom. The van der Waals surface area contributed by atoms with Crippen molar-refractivity contribution in [2.45, 2.75) is 128 Å². The lowest BCUT2D eigenvalue weighted by atomic mass is 9.97. The van der Waals surface area contributed by atoms with Crippen LogP contribution in [0.3, 0.4) is 0 Å². The molecule has 0 aliphatic heterocycles. The van der Waals surface area contributed by atoms with Gasteiger partial charge in [0.15, 0.2) is 5.60 Å². The van der Waals surface area contributed by atoms with Gasteiger partial charge in [0.05, 0.1) is 6.10 Å². The molecule has 4 heteroatoms. The summed E-state index contributed by atoms with van der Waals surface area (Å²) in [6.45, 7) is 3.58. The molecule has 0 saturated heterocycles. The van der Waals surface area contributed by atoms with Gasteiger partial charge in [-0.2, -0.15) is 0 Å². The molecule has 0 aromatic carbocycles. The van der Waals surface area contributed by atoms with Gasteiger partial charge in [-0.05, 0) is 32.6 Å². The minimum atomic E-state index is -1.57. The quantitative estimate of drug-likeness (QED) is 0.285. The summed E-state index contributed by atoms with van der Waals surface area (Å²) >= 11 is 0. The summed E-state index contributed by atoms with van der Waals surface area (Å²) in [5, 5.41) is 28.3. The molecule has 0 bridgehead atoms. The molecule has 0 radical (unpaired) electrons. The van der Waals surface area contributed by atoms with Crippen LogP contribution in [0.2, 0.25) is 0 Å². The summed E-state index contributed by atoms with van der Waals surface area (Å²) in [6.07, 6.45) is 17.3. The van der Waals surface area contributed by atoms with Crippen molar-refractivity contribution in [2.75, 3.05) is 0 Å². The molecule has 0 fully saturated rings. The standard InChI is InChI=1S/C21H42O4/c1-3-4-5-13-16-19(22)17-14-11-9-7-6-8-10-12-15-18-21(2,25)20(23)24/h19,22,25H,3-18H2,1-2H3,(H,23,24). The molecule has 2 unspecified atom stereocenters. The molecule has 0 heterocycles. The lowest BCUT2D eigenvalue weighted by molar-refractivity contribution is -0.157. The van der Waals surface area contributed by atoms with E-state index < -0.39 is 11.6 Å². The molecule has 0 saturated carbocycles. The molecule has 0 aromatic rings. The van der Waals surface area contributed by atoms with E-state index in [1.54, 1.807) is 0 Å². The maximum atomic E-state index is 10.8. The Morgan fingerprint density at radius 1 is 0.800 bits per heavy atom. The molecule has 2 atom stereocenters. The van der Waals surface area contributed by atoms with Gasteiger partial charge in [-0.3, -0.25) is 0 Å². The molecule has 25 heavy (non-hydrogen) atoms. The van der Waals surface area contributed by atoms with Crippen molar-refractivity contribution >= 4 is 5.97 Å². The Kier molecular flexibility index (Phi) is 15.2. The predicted octanol–water partition coefficient (Wildman–Crippen LogP) is 5.44. The third-order valence-corrected chi connectivity index (χ3v) is 5.05. The molecule has 0 aliphatic rings. The number of rotatable bonds is 18. The number of carboxylic acid groups (broad SMARTS) is 1. The van der Waals surface area contributed by atoms with Crippen molar-refractivity contribution in [2.24, 2.45) is 0 Å². The monoisotopic (exact) mass is 358 g/mol. The number of aliphatic hydroxyl groups excluding tert-OH is 1. The van der Waals surface area contributed by atoms with E-state index in [1.807, 2.05) is 0 Å². The zero-order valence-corrected chi connectivity index (χ0v) is 16.6. The van der Waals surface area contributed by atoms with E-state index in [0.29, 0.717) is 6.42 Å². The Balaban J connectivity index is 3.27. The van der Waals surface area contributed by atoms with Crippen LogP contribution in [0.5, 0.6) is 0 Å². The summed E-state index contributed by atoms with van der Waals surface area (Å²) < 4.78 is 0. The Bertz CT molecular complexity index is 315. The van der Waals surface area contributed by atoms with Gasteiger partial charge in [0.25, 0.3) is 0 Å². The van der Waals surface area contributed by atoms with Crippen molar-refractivity contribution < 1.29 is 20.1 Å². The third kappa shape index (κ3) is 15.4. The predicted molar refractivity (Wildman–Crippen MR) is 104 cm³/mol. The zero-order chi connectivity index (χ0) is 19.0. The second kappa shape index (κ2) is 15.6. The van der Waals surface area contributed by atoms with Gasteiger partial charge >= 0.3 is 5.97 Å². The first-order valence-electron chi connectivity index (χ1n) is 10.5. The summed E-state index contributed by atoms with van der Waals surface area (Å²) in [5.41, 5.74) is -1.57. The van der Waals surface area contributed by atoms with E-state index in [1.165, 1.54) is 58.3 Å². The molecule has 3 N–H and O–H groups in total. The SMILES string of the molecule is CCCCCCC(O)CCCCCCCCCCCC(C)(O)C(=O)O. The average molecular weight is 359 g/mol. The first-order chi connectivity index (χ1) is 11.9. The van der Waals surface area contributed by atoms with Crippen molar-refractivity contribution in [1.29, 1.82) is 0 Å². The van der Waals surface area contributed by atoms with Gasteiger partial charge in [0, 0.05) is 0 Å². The Labute approximate surface area is 155 Å². The number of aliphatic carboxylic acids is 1. The van der Waals surface area contributed by atoms with Crippen LogP contribution >= 0.6 is 0 Å². The van der Waals surface area contributed by atoms with Crippen LogP contribution in [0.1, 0.15) is 117 Å². The molecule has 0 amide bonds. The van der Waals surface area contributed by atoms with Crippen molar-refractivity contribution in [1.82, 2.24) is 0 Å². The number of unbranched alkanes of at least 4 members (excludes halogenated alkanes) is 11. The fourth-order valence-electron chi connectivity index (χ4n) is 3.14. The maximum Gasteiger partial charge on any atom is 0.335 e. The average Bonchev–Trinajstić information content (AvgIpc) is 2.56. The van der Waals surface area contributed by atoms with Gasteiger partial charge in [-0.1, -0.05) is 84.0 Å². The number of carbonyl (C=O) groups is 1. The molecule has 0 spiro atoms. The van der Waals surface area contributed by atoms with Crippen LogP contribution in [0.4, 0.5) is 0 Å². The number of hydrogen-bond donors (Lipinski definition) is 3. The third-order valence-electron chi connectivity index (χ3n) is 5.05. The van der Waals surface area contributed by atoms with Crippen LogP contribution < -0.4 is 0 Å². The molecule has 0 aliphatic carbocycles. The maximum absolute atomic E-state index is 10.8. The summed E-state index contributed by atoms with van der Waals surface area (Å²) in [5.74, 6) is -1.13. The normalized spacial score (nSPS) is 15.0.